The summed E-state index contributed by atoms with van der Waals surface area (Å²) in [6.07, 6.45) is 0. The van der Waals surface area contributed by atoms with E-state index in [9.17, 15) is 0 Å². The van der Waals surface area contributed by atoms with E-state index in [0.29, 0.717) is 0 Å². The van der Waals surface area contributed by atoms with E-state index in [4.69, 9.17) is 9.97 Å². The molecule has 4 nitrogen and oxygen atoms in total. The van der Waals surface area contributed by atoms with Gasteiger partial charge in [0, 0.05) is 48.3 Å². The second-order valence-electron chi connectivity index (χ2n) is 16.1. The quantitative estimate of drug-likeness (QED) is 0.167. The van der Waals surface area contributed by atoms with Gasteiger partial charge in [-0.15, -0.1) is 11.3 Å². The second-order valence-corrected chi connectivity index (χ2v) is 17.1. The monoisotopic (exact) mass is 792 g/mol. The van der Waals surface area contributed by atoms with Crippen molar-refractivity contribution in [2.45, 2.75) is 0 Å². The molecule has 10 aromatic carbocycles. The van der Waals surface area contributed by atoms with E-state index in [1.807, 2.05) is 0 Å². The Morgan fingerprint density at radius 3 is 1.77 bits per heavy atom. The van der Waals surface area contributed by atoms with Crippen LogP contribution in [-0.2, 0) is 0 Å². The Balaban J connectivity index is 1.16. The van der Waals surface area contributed by atoms with Crippen LogP contribution < -0.4 is 0 Å². The predicted molar refractivity (Wildman–Crippen MR) is 259 cm³/mol. The molecule has 0 spiro atoms. The zero-order valence-corrected chi connectivity index (χ0v) is 33.5. The molecule has 4 aromatic heterocycles. The molecule has 61 heavy (non-hydrogen) atoms. The molecule has 0 aliphatic rings. The van der Waals surface area contributed by atoms with Gasteiger partial charge in [-0.3, -0.25) is 4.57 Å². The van der Waals surface area contributed by atoms with Crippen molar-refractivity contribution in [2.24, 2.45) is 0 Å². The van der Waals surface area contributed by atoms with Crippen molar-refractivity contribution in [3.05, 3.63) is 194 Å². The number of thiophene rings is 1. The van der Waals surface area contributed by atoms with E-state index >= 15 is 0 Å². The first-order chi connectivity index (χ1) is 30.3. The largest absolute Gasteiger partial charge is 0.309 e. The first-order valence-corrected chi connectivity index (χ1v) is 21.6. The van der Waals surface area contributed by atoms with Crippen LogP contribution in [0.25, 0.3) is 130 Å². The fourth-order valence-electron chi connectivity index (χ4n) is 10.3. The molecule has 0 amide bonds. The molecular formula is C56H32N4S. The highest BCUT2D eigenvalue weighted by atomic mass is 32.1. The van der Waals surface area contributed by atoms with Crippen molar-refractivity contribution in [3.63, 3.8) is 0 Å². The van der Waals surface area contributed by atoms with Gasteiger partial charge in [0.2, 0.25) is 0 Å². The van der Waals surface area contributed by atoms with E-state index in [1.54, 1.807) is 11.3 Å². The van der Waals surface area contributed by atoms with Crippen LogP contribution in [-0.4, -0.2) is 19.1 Å². The fraction of sp³-hybridized carbons (Fsp3) is 0. The Morgan fingerprint density at radius 1 is 0.361 bits per heavy atom. The van der Waals surface area contributed by atoms with Gasteiger partial charge in [-0.25, -0.2) is 9.97 Å². The van der Waals surface area contributed by atoms with E-state index in [-0.39, 0.29) is 0 Å². The van der Waals surface area contributed by atoms with E-state index < -0.39 is 0 Å². The summed E-state index contributed by atoms with van der Waals surface area (Å²) in [5.41, 5.74) is 8.49. The molecule has 0 radical (unpaired) electrons. The summed E-state index contributed by atoms with van der Waals surface area (Å²) in [5, 5.41) is 15.9. The zero-order chi connectivity index (χ0) is 39.8. The number of fused-ring (bicyclic) bond motifs is 18. The first-order valence-electron chi connectivity index (χ1n) is 20.8. The molecule has 0 N–H and O–H groups in total. The lowest BCUT2D eigenvalue weighted by Crippen LogP contribution is -2.03. The maximum Gasteiger partial charge on any atom is 0.165 e. The normalized spacial score (nSPS) is 12.3. The molecule has 5 heteroatoms. The van der Waals surface area contributed by atoms with Crippen LogP contribution in [0.4, 0.5) is 0 Å². The lowest BCUT2D eigenvalue weighted by atomic mass is 9.91. The Hall–Kier alpha value is -7.86. The Kier molecular flexibility index (Phi) is 6.68. The Morgan fingerprint density at radius 2 is 0.951 bits per heavy atom. The molecule has 0 atom stereocenters. The molecule has 14 rings (SSSR count). The van der Waals surface area contributed by atoms with Gasteiger partial charge in [0.05, 0.1) is 22.1 Å². The second kappa shape index (κ2) is 12.3. The third-order valence-corrected chi connectivity index (χ3v) is 13.9. The Labute approximate surface area is 352 Å². The van der Waals surface area contributed by atoms with Crippen molar-refractivity contribution in [3.8, 4) is 22.8 Å². The average molecular weight is 793 g/mol. The van der Waals surface area contributed by atoms with Gasteiger partial charge in [0.25, 0.3) is 0 Å². The van der Waals surface area contributed by atoms with Crippen LogP contribution in [0.3, 0.4) is 0 Å². The number of aromatic nitrogens is 4. The molecular weight excluding hydrogens is 761 g/mol. The van der Waals surface area contributed by atoms with Gasteiger partial charge >= 0.3 is 0 Å². The number of benzene rings is 10. The van der Waals surface area contributed by atoms with Gasteiger partial charge in [-0.1, -0.05) is 146 Å². The lowest BCUT2D eigenvalue weighted by Gasteiger charge is -2.14. The predicted octanol–water partition coefficient (Wildman–Crippen LogP) is 15.3. The van der Waals surface area contributed by atoms with E-state index in [2.05, 4.69) is 203 Å². The number of rotatable bonds is 3. The van der Waals surface area contributed by atoms with Crippen LogP contribution in [0.5, 0.6) is 0 Å². The van der Waals surface area contributed by atoms with Crippen molar-refractivity contribution >= 4 is 118 Å². The average Bonchev–Trinajstić information content (AvgIpc) is 3.98. The molecule has 0 unspecified atom stereocenters. The third-order valence-electron chi connectivity index (χ3n) is 12.9. The van der Waals surface area contributed by atoms with Crippen molar-refractivity contribution in [2.75, 3.05) is 0 Å². The molecule has 0 aliphatic carbocycles. The molecule has 14 aromatic rings. The summed E-state index contributed by atoms with van der Waals surface area (Å²) < 4.78 is 5.96. The standard InChI is InChI=1S/C56H32N4S/c1-2-15-35(16-3-1)59-45-24-12-10-21-40(45)44-32-34(27-29-46(44)59)53-55(57-54-43-23-11-13-25-49(43)61-56(54)58-53)60-47-30-26-33-14-4-5-17-36(33)51(47)52-48(60)31-28-42-39-20-7-6-18-37(39)38-19-8-9-22-41(38)50(42)52/h1-32H. The molecule has 0 aliphatic heterocycles. The van der Waals surface area contributed by atoms with E-state index in [0.717, 1.165) is 55.0 Å². The van der Waals surface area contributed by atoms with Crippen LogP contribution in [0.1, 0.15) is 0 Å². The summed E-state index contributed by atoms with van der Waals surface area (Å²) in [6.45, 7) is 0. The van der Waals surface area contributed by atoms with Crippen molar-refractivity contribution < 1.29 is 0 Å². The maximum absolute atomic E-state index is 5.76. The SMILES string of the molecule is c1ccc(-n2c3ccccc3c3cc(-c4nc5sc6ccccc6c5nc4-n4c5ccc6ccccc6c5c5c6c7ccccc7c7ccccc7c6ccc54)ccc32)cc1. The molecule has 0 saturated heterocycles. The topological polar surface area (TPSA) is 35.6 Å². The number of hydrogen-bond donors (Lipinski definition) is 0. The zero-order valence-electron chi connectivity index (χ0n) is 32.7. The highest BCUT2D eigenvalue weighted by molar-refractivity contribution is 7.25. The van der Waals surface area contributed by atoms with Crippen molar-refractivity contribution in [1.82, 2.24) is 19.1 Å². The van der Waals surface area contributed by atoms with Crippen LogP contribution in [0, 0.1) is 0 Å². The van der Waals surface area contributed by atoms with Gasteiger partial charge < -0.3 is 4.57 Å². The summed E-state index contributed by atoms with van der Waals surface area (Å²) >= 11 is 1.71. The van der Waals surface area contributed by atoms with Gasteiger partial charge in [-0.05, 0) is 86.2 Å². The minimum absolute atomic E-state index is 0.821. The van der Waals surface area contributed by atoms with Gasteiger partial charge in [0.1, 0.15) is 16.0 Å². The molecule has 0 bridgehead atoms. The van der Waals surface area contributed by atoms with Gasteiger partial charge in [-0.2, -0.15) is 0 Å². The maximum atomic E-state index is 5.76. The summed E-state index contributed by atoms with van der Waals surface area (Å²) in [6, 6.07) is 70.6. The number of para-hydroxylation sites is 2. The summed E-state index contributed by atoms with van der Waals surface area (Å²) in [4.78, 5) is 12.3. The van der Waals surface area contributed by atoms with Crippen LogP contribution in [0.15, 0.2) is 194 Å². The fourth-order valence-corrected chi connectivity index (χ4v) is 11.3. The van der Waals surface area contributed by atoms with Crippen LogP contribution >= 0.6 is 11.3 Å². The van der Waals surface area contributed by atoms with Gasteiger partial charge in [0.15, 0.2) is 5.82 Å². The van der Waals surface area contributed by atoms with Crippen molar-refractivity contribution in [1.29, 1.82) is 0 Å². The number of nitrogens with zero attached hydrogens (tertiary/aromatic N) is 4. The molecule has 4 heterocycles. The minimum Gasteiger partial charge on any atom is -0.309 e. The Bertz CT molecular complexity index is 4140. The lowest BCUT2D eigenvalue weighted by molar-refractivity contribution is 1.09. The highest BCUT2D eigenvalue weighted by Gasteiger charge is 2.25. The van der Waals surface area contributed by atoms with E-state index in [1.165, 1.54) is 74.9 Å². The van der Waals surface area contributed by atoms with Crippen LogP contribution in [0.2, 0.25) is 0 Å². The molecule has 0 saturated carbocycles. The summed E-state index contributed by atoms with van der Waals surface area (Å²) in [5.74, 6) is 0.821. The highest BCUT2D eigenvalue weighted by Crippen LogP contribution is 2.47. The first kappa shape index (κ1) is 33.0. The smallest absolute Gasteiger partial charge is 0.165 e. The third kappa shape index (κ3) is 4.53. The minimum atomic E-state index is 0.821. The summed E-state index contributed by atoms with van der Waals surface area (Å²) in [7, 11) is 0. The molecule has 0 fully saturated rings. The molecule has 282 valence electrons. The number of hydrogen-bond acceptors (Lipinski definition) is 3.